The van der Waals surface area contributed by atoms with Gasteiger partial charge < -0.3 is 30.9 Å². The number of nitrogens with zero attached hydrogens (tertiary/aromatic N) is 5. The zero-order valence-electron chi connectivity index (χ0n) is 19.5. The van der Waals surface area contributed by atoms with Gasteiger partial charge in [-0.2, -0.15) is 4.98 Å². The number of hydrogen-bond acceptors (Lipinski definition) is 11. The first-order valence-electron chi connectivity index (χ1n) is 11.0. The highest BCUT2D eigenvalue weighted by atomic mass is 32.1. The van der Waals surface area contributed by atoms with Crippen molar-refractivity contribution in [3.05, 3.63) is 23.7 Å². The third kappa shape index (κ3) is 4.53. The maximum atomic E-state index is 12.0. The number of nitrogens with one attached hydrogen (secondary N) is 2. The Hall–Kier alpha value is -2.93. The molecular formula is C22H29N7O4S. The van der Waals surface area contributed by atoms with Crippen LogP contribution >= 0.6 is 11.3 Å². The first-order valence-corrected chi connectivity index (χ1v) is 11.8. The van der Waals surface area contributed by atoms with Crippen molar-refractivity contribution in [2.24, 2.45) is 5.92 Å². The zero-order valence-corrected chi connectivity index (χ0v) is 20.3. The van der Waals surface area contributed by atoms with E-state index >= 15 is 0 Å². The fourth-order valence-electron chi connectivity index (χ4n) is 4.03. The van der Waals surface area contributed by atoms with Gasteiger partial charge in [-0.3, -0.25) is 9.78 Å². The standard InChI is InChI=1S/C22H29N7O4S/c1-11-16(20-26-17-12(2)23-8-6-14(17)34-20)19(27-21(25-11)24-9-15(31)29(3)4)28-22(33)7-5-13(10-30)18(22)32/h6,8,13,18,30,32-33H,5,7,9-10H2,1-4H3,(H2,24,25,27,28)/t13-,18-,22+/m1/s1. The number of pyridine rings is 1. The number of amides is 1. The Morgan fingerprint density at radius 3 is 2.68 bits per heavy atom. The second-order valence-electron chi connectivity index (χ2n) is 8.74. The van der Waals surface area contributed by atoms with Crippen LogP contribution in [0.4, 0.5) is 11.8 Å². The highest BCUT2D eigenvalue weighted by Crippen LogP contribution is 2.40. The van der Waals surface area contributed by atoms with Crippen LogP contribution < -0.4 is 10.6 Å². The number of aromatic nitrogens is 4. The van der Waals surface area contributed by atoms with Crippen LogP contribution in [0.2, 0.25) is 0 Å². The largest absolute Gasteiger partial charge is 0.396 e. The Morgan fingerprint density at radius 2 is 2.03 bits per heavy atom. The number of carbonyl (C=O) groups is 1. The summed E-state index contributed by atoms with van der Waals surface area (Å²) in [4.78, 5) is 31.6. The molecule has 1 amide bonds. The van der Waals surface area contributed by atoms with Gasteiger partial charge >= 0.3 is 0 Å². The van der Waals surface area contributed by atoms with Gasteiger partial charge in [0.1, 0.15) is 22.4 Å². The summed E-state index contributed by atoms with van der Waals surface area (Å²) in [5.74, 6) is -0.121. The van der Waals surface area contributed by atoms with Crippen molar-refractivity contribution in [1.82, 2.24) is 24.8 Å². The molecule has 0 saturated heterocycles. The smallest absolute Gasteiger partial charge is 0.241 e. The average molecular weight is 488 g/mol. The molecule has 0 bridgehead atoms. The van der Waals surface area contributed by atoms with Crippen LogP contribution in [0, 0.1) is 19.8 Å². The van der Waals surface area contributed by atoms with Crippen LogP contribution in [0.15, 0.2) is 12.3 Å². The van der Waals surface area contributed by atoms with Crippen LogP contribution in [0.5, 0.6) is 0 Å². The van der Waals surface area contributed by atoms with Gasteiger partial charge in [0.25, 0.3) is 0 Å². The molecule has 0 aromatic carbocycles. The van der Waals surface area contributed by atoms with E-state index < -0.39 is 17.7 Å². The van der Waals surface area contributed by atoms with E-state index in [1.165, 1.54) is 16.2 Å². The number of aliphatic hydroxyl groups is 3. The molecule has 5 N–H and O–H groups in total. The first-order chi connectivity index (χ1) is 16.1. The summed E-state index contributed by atoms with van der Waals surface area (Å²) in [5, 5.41) is 38.0. The summed E-state index contributed by atoms with van der Waals surface area (Å²) < 4.78 is 0.951. The van der Waals surface area contributed by atoms with Crippen molar-refractivity contribution in [3.63, 3.8) is 0 Å². The minimum atomic E-state index is -1.69. The summed E-state index contributed by atoms with van der Waals surface area (Å²) in [6.07, 6.45) is 1.22. The van der Waals surface area contributed by atoms with E-state index in [1.807, 2.05) is 13.0 Å². The number of thiazole rings is 1. The van der Waals surface area contributed by atoms with E-state index in [9.17, 15) is 20.1 Å². The molecule has 1 fully saturated rings. The molecule has 11 nitrogen and oxygen atoms in total. The van der Waals surface area contributed by atoms with Gasteiger partial charge in [-0.1, -0.05) is 0 Å². The van der Waals surface area contributed by atoms with E-state index in [-0.39, 0.29) is 37.2 Å². The molecule has 3 aromatic rings. The van der Waals surface area contributed by atoms with Gasteiger partial charge in [0.05, 0.1) is 28.2 Å². The fourth-order valence-corrected chi connectivity index (χ4v) is 5.14. The Bertz CT molecular complexity index is 1220. The molecule has 0 unspecified atom stereocenters. The molecule has 1 aliphatic carbocycles. The Balaban J connectivity index is 1.78. The molecular weight excluding hydrogens is 458 g/mol. The summed E-state index contributed by atoms with van der Waals surface area (Å²) in [5.41, 5.74) is 1.04. The van der Waals surface area contributed by atoms with Crippen molar-refractivity contribution >= 4 is 39.2 Å². The summed E-state index contributed by atoms with van der Waals surface area (Å²) in [7, 11) is 3.31. The van der Waals surface area contributed by atoms with Gasteiger partial charge in [0.2, 0.25) is 11.9 Å². The lowest BCUT2D eigenvalue weighted by Gasteiger charge is -2.31. The number of likely N-dealkylation sites (N-methyl/N-ethyl adjacent to an activating group) is 1. The topological polar surface area (TPSA) is 157 Å². The summed E-state index contributed by atoms with van der Waals surface area (Å²) in [6, 6.07) is 1.88. The van der Waals surface area contributed by atoms with Gasteiger partial charge in [-0.05, 0) is 32.8 Å². The first kappa shape index (κ1) is 24.2. The number of aryl methyl sites for hydroxylation is 2. The van der Waals surface area contributed by atoms with E-state index in [4.69, 9.17) is 4.98 Å². The minimum Gasteiger partial charge on any atom is -0.396 e. The number of aliphatic hydroxyl groups excluding tert-OH is 2. The van der Waals surface area contributed by atoms with Crippen molar-refractivity contribution in [2.75, 3.05) is 37.9 Å². The van der Waals surface area contributed by atoms with Crippen molar-refractivity contribution < 1.29 is 20.1 Å². The number of hydrogen-bond donors (Lipinski definition) is 5. The lowest BCUT2D eigenvalue weighted by Crippen LogP contribution is -2.48. The van der Waals surface area contributed by atoms with Gasteiger partial charge in [0.15, 0.2) is 5.72 Å². The molecule has 0 radical (unpaired) electrons. The lowest BCUT2D eigenvalue weighted by molar-refractivity contribution is -0.126. The van der Waals surface area contributed by atoms with Crippen LogP contribution in [-0.2, 0) is 4.79 Å². The molecule has 4 rings (SSSR count). The van der Waals surface area contributed by atoms with Gasteiger partial charge in [-0.25, -0.2) is 9.97 Å². The highest BCUT2D eigenvalue weighted by molar-refractivity contribution is 7.21. The van der Waals surface area contributed by atoms with Crippen LogP contribution in [-0.4, -0.2) is 85.1 Å². The predicted molar refractivity (Wildman–Crippen MR) is 129 cm³/mol. The molecule has 182 valence electrons. The molecule has 1 aliphatic rings. The average Bonchev–Trinajstić information content (AvgIpc) is 3.33. The zero-order chi connectivity index (χ0) is 24.6. The molecule has 3 atom stereocenters. The van der Waals surface area contributed by atoms with Crippen LogP contribution in [0.3, 0.4) is 0 Å². The number of carbonyl (C=O) groups excluding carboxylic acids is 1. The minimum absolute atomic E-state index is 0.00327. The SMILES string of the molecule is Cc1nc(NCC(=O)N(C)C)nc(N[C@]2(O)CC[C@H](CO)[C@H]2O)c1-c1nc2c(C)nccc2s1. The molecule has 3 aromatic heterocycles. The van der Waals surface area contributed by atoms with Crippen LogP contribution in [0.1, 0.15) is 24.2 Å². The lowest BCUT2D eigenvalue weighted by atomic mass is 10.0. The Labute approximate surface area is 200 Å². The molecule has 34 heavy (non-hydrogen) atoms. The fraction of sp³-hybridized carbons (Fsp3) is 0.500. The van der Waals surface area contributed by atoms with Crippen molar-refractivity contribution in [2.45, 2.75) is 38.5 Å². The molecule has 1 saturated carbocycles. The second-order valence-corrected chi connectivity index (χ2v) is 9.77. The summed E-state index contributed by atoms with van der Waals surface area (Å²) in [6.45, 7) is 3.45. The maximum Gasteiger partial charge on any atom is 0.241 e. The molecule has 0 spiro atoms. The molecule has 12 heteroatoms. The number of fused-ring (bicyclic) bond motifs is 1. The summed E-state index contributed by atoms with van der Waals surface area (Å²) >= 11 is 1.45. The third-order valence-electron chi connectivity index (χ3n) is 6.09. The molecule has 0 aliphatic heterocycles. The Morgan fingerprint density at radius 1 is 1.26 bits per heavy atom. The van der Waals surface area contributed by atoms with E-state index in [0.29, 0.717) is 22.7 Å². The number of anilines is 2. The monoisotopic (exact) mass is 487 g/mol. The van der Waals surface area contributed by atoms with Crippen molar-refractivity contribution in [3.8, 4) is 10.6 Å². The van der Waals surface area contributed by atoms with Gasteiger partial charge in [-0.15, -0.1) is 11.3 Å². The Kier molecular flexibility index (Phi) is 6.67. The third-order valence-corrected chi connectivity index (χ3v) is 7.13. The van der Waals surface area contributed by atoms with E-state index in [1.54, 1.807) is 27.2 Å². The van der Waals surface area contributed by atoms with Crippen molar-refractivity contribution in [1.29, 1.82) is 0 Å². The second kappa shape index (κ2) is 9.37. The molecule has 3 heterocycles. The quantitative estimate of drug-likeness (QED) is 0.306. The predicted octanol–water partition coefficient (Wildman–Crippen LogP) is 1.13. The van der Waals surface area contributed by atoms with Gasteiger partial charge in [0, 0.05) is 32.8 Å². The normalized spacial score (nSPS) is 22.2. The van der Waals surface area contributed by atoms with E-state index in [0.717, 1.165) is 15.9 Å². The van der Waals surface area contributed by atoms with E-state index in [2.05, 4.69) is 25.6 Å². The highest BCUT2D eigenvalue weighted by Gasteiger charge is 2.47. The maximum absolute atomic E-state index is 12.0. The van der Waals surface area contributed by atoms with Crippen LogP contribution in [0.25, 0.3) is 20.8 Å². The number of rotatable bonds is 7.